The van der Waals surface area contributed by atoms with Crippen LogP contribution >= 0.6 is 7.14 Å². The lowest BCUT2D eigenvalue weighted by Crippen LogP contribution is -2.53. The van der Waals surface area contributed by atoms with Gasteiger partial charge in [-0.1, -0.05) is 6.58 Å². The summed E-state index contributed by atoms with van der Waals surface area (Å²) < 4.78 is 18.9. The smallest absolute Gasteiger partial charge is 0.333 e. The van der Waals surface area contributed by atoms with E-state index in [0.29, 0.717) is 4.48 Å². The van der Waals surface area contributed by atoms with Gasteiger partial charge in [0.1, 0.15) is 5.28 Å². The Morgan fingerprint density at radius 2 is 1.74 bits per heavy atom. The molecule has 6 nitrogen and oxygen atoms in total. The van der Waals surface area contributed by atoms with E-state index in [1.807, 2.05) is 35.0 Å². The van der Waals surface area contributed by atoms with Crippen molar-refractivity contribution in [2.24, 2.45) is 0 Å². The van der Waals surface area contributed by atoms with Gasteiger partial charge in [0.05, 0.1) is 33.7 Å². The van der Waals surface area contributed by atoms with Crippen LogP contribution in [0.1, 0.15) is 27.7 Å². The number of ether oxygens (including phenoxy) is 1. The minimum atomic E-state index is -3.16. The zero-order chi connectivity index (χ0) is 18.6. The third-order valence-electron chi connectivity index (χ3n) is 4.30. The molecule has 0 aromatic rings. The molecule has 0 radical (unpaired) electrons. The van der Waals surface area contributed by atoms with E-state index in [0.717, 1.165) is 0 Å². The number of carbonyl (C=O) groups is 2. The van der Waals surface area contributed by atoms with Crippen LogP contribution in [0, 0.1) is 0 Å². The number of carboxylic acids is 1. The van der Waals surface area contributed by atoms with Gasteiger partial charge in [0.2, 0.25) is 0 Å². The highest BCUT2D eigenvalue weighted by Crippen LogP contribution is 2.62. The van der Waals surface area contributed by atoms with Gasteiger partial charge < -0.3 is 23.7 Å². The van der Waals surface area contributed by atoms with E-state index in [-0.39, 0.29) is 23.9 Å². The second kappa shape index (κ2) is 7.45. The Morgan fingerprint density at radius 1 is 1.26 bits per heavy atom. The van der Waals surface area contributed by atoms with E-state index in [9.17, 15) is 19.3 Å². The number of hydrogen-bond donors (Lipinski definition) is 0. The van der Waals surface area contributed by atoms with Crippen LogP contribution < -0.4 is 5.11 Å². The van der Waals surface area contributed by atoms with Crippen molar-refractivity contribution in [2.45, 2.75) is 33.0 Å². The van der Waals surface area contributed by atoms with Crippen LogP contribution in [-0.2, 0) is 18.9 Å². The van der Waals surface area contributed by atoms with E-state index in [2.05, 4.69) is 6.58 Å². The molecule has 0 saturated carbocycles. The molecule has 7 heteroatoms. The lowest BCUT2D eigenvalue weighted by Gasteiger charge is -2.45. The van der Waals surface area contributed by atoms with Crippen LogP contribution in [0.15, 0.2) is 23.5 Å². The second-order valence-electron chi connectivity index (χ2n) is 7.04. The zero-order valence-electron chi connectivity index (χ0n) is 15.1. The summed E-state index contributed by atoms with van der Waals surface area (Å²) >= 11 is 0. The number of nitrogens with zero attached hydrogens (tertiary/aromatic N) is 1. The van der Waals surface area contributed by atoms with Crippen LogP contribution in [0.25, 0.3) is 0 Å². The quantitative estimate of drug-likeness (QED) is 0.289. The van der Waals surface area contributed by atoms with Gasteiger partial charge in [-0.05, 0) is 39.1 Å². The molecule has 1 atom stereocenters. The number of carbonyl (C=O) groups excluding carboxylic acids is 2. The van der Waals surface area contributed by atoms with Crippen LogP contribution in [0.3, 0.4) is 0 Å². The average Bonchev–Trinajstić information content (AvgIpc) is 2.36. The van der Waals surface area contributed by atoms with E-state index < -0.39 is 24.4 Å². The topological polar surface area (TPSA) is 83.5 Å². The van der Waals surface area contributed by atoms with Gasteiger partial charge in [-0.15, -0.1) is 0 Å². The van der Waals surface area contributed by atoms with Gasteiger partial charge in [-0.3, -0.25) is 0 Å². The van der Waals surface area contributed by atoms with Gasteiger partial charge in [-0.2, -0.15) is 0 Å². The molecule has 0 aromatic carbocycles. The number of hydrogen-bond acceptors (Lipinski definition) is 5. The van der Waals surface area contributed by atoms with Gasteiger partial charge in [0.15, 0.2) is 7.14 Å². The van der Waals surface area contributed by atoms with Crippen molar-refractivity contribution in [3.8, 4) is 0 Å². The van der Waals surface area contributed by atoms with Crippen LogP contribution in [0.4, 0.5) is 0 Å². The molecule has 0 N–H and O–H groups in total. The highest BCUT2D eigenvalue weighted by Gasteiger charge is 2.48. The first-order chi connectivity index (χ1) is 10.2. The summed E-state index contributed by atoms with van der Waals surface area (Å²) in [7, 11) is 2.49. The predicted molar refractivity (Wildman–Crippen MR) is 89.1 cm³/mol. The fraction of sp³-hybridized carbons (Fsp3) is 0.625. The first-order valence-electron chi connectivity index (χ1n) is 7.29. The van der Waals surface area contributed by atoms with Gasteiger partial charge in [0.25, 0.3) is 0 Å². The Morgan fingerprint density at radius 3 is 2.09 bits per heavy atom. The number of carboxylic acid groups (broad SMARTS) is 1. The van der Waals surface area contributed by atoms with Crippen molar-refractivity contribution in [3.63, 3.8) is 0 Å². The minimum absolute atomic E-state index is 0.0547. The van der Waals surface area contributed by atoms with Crippen molar-refractivity contribution < 1.29 is 28.5 Å². The molecule has 0 spiro atoms. The highest BCUT2D eigenvalue weighted by molar-refractivity contribution is 7.68. The number of esters is 1. The highest BCUT2D eigenvalue weighted by atomic mass is 31.2. The Hall–Kier alpha value is -1.39. The Bertz CT molecular complexity index is 570. The first-order valence-corrected chi connectivity index (χ1v) is 9.25. The third kappa shape index (κ3) is 5.33. The normalized spacial score (nSPS) is 15.7. The Labute approximate surface area is 138 Å². The maximum absolute atomic E-state index is 13.6. The van der Waals surface area contributed by atoms with Crippen molar-refractivity contribution in [1.29, 1.82) is 0 Å². The van der Waals surface area contributed by atoms with E-state index in [4.69, 9.17) is 4.74 Å². The SMILES string of the molecule is C=C(C)C(=O)OCCP(=O)(/C=C(\C)C(=O)[O-])C(C)(C)[N+](C)(C)C. The molecular formula is C16H28NO5P. The predicted octanol–water partition coefficient (Wildman–Crippen LogP) is 1.56. The van der Waals surface area contributed by atoms with Crippen molar-refractivity contribution in [3.05, 3.63) is 23.5 Å². The molecule has 0 aromatic heterocycles. The van der Waals surface area contributed by atoms with Gasteiger partial charge in [0, 0.05) is 11.7 Å². The van der Waals surface area contributed by atoms with E-state index >= 15 is 0 Å². The fourth-order valence-corrected chi connectivity index (χ4v) is 4.87. The fourth-order valence-electron chi connectivity index (χ4n) is 1.77. The van der Waals surface area contributed by atoms with Crippen molar-refractivity contribution >= 4 is 19.1 Å². The lowest BCUT2D eigenvalue weighted by atomic mass is 10.3. The Balaban J connectivity index is 5.63. The maximum Gasteiger partial charge on any atom is 0.333 e. The second-order valence-corrected chi connectivity index (χ2v) is 10.4. The third-order valence-corrected chi connectivity index (χ3v) is 8.40. The molecule has 0 amide bonds. The number of aliphatic carboxylic acids is 1. The zero-order valence-corrected chi connectivity index (χ0v) is 16.0. The standard InChI is InChI=1S/C16H28NO5P/c1-12(2)15(20)22-9-10-23(21,11-13(3)14(18)19)16(4,5)17(6,7)8/h11H,1,9-10H2,2-8H3/b13-11+. The van der Waals surface area contributed by atoms with E-state index in [1.165, 1.54) is 19.7 Å². The number of rotatable bonds is 8. The first kappa shape index (κ1) is 21.6. The van der Waals surface area contributed by atoms with E-state index in [1.54, 1.807) is 0 Å². The van der Waals surface area contributed by atoms with Crippen LogP contribution in [0.2, 0.25) is 0 Å². The summed E-state index contributed by atoms with van der Waals surface area (Å²) in [6.07, 6.45) is 0.0547. The van der Waals surface area contributed by atoms with Crippen molar-refractivity contribution in [1.82, 2.24) is 0 Å². The minimum Gasteiger partial charge on any atom is -0.545 e. The molecule has 0 bridgehead atoms. The Kier molecular flexibility index (Phi) is 7.00. The summed E-state index contributed by atoms with van der Waals surface area (Å²) in [5, 5.41) is 10.3. The summed E-state index contributed by atoms with van der Waals surface area (Å²) in [4.78, 5) is 22.5. The van der Waals surface area contributed by atoms with Gasteiger partial charge in [-0.25, -0.2) is 4.79 Å². The largest absolute Gasteiger partial charge is 0.545 e. The summed E-state index contributed by atoms with van der Waals surface area (Å²) in [5.74, 6) is -0.637. The van der Waals surface area contributed by atoms with Gasteiger partial charge >= 0.3 is 5.97 Å². The summed E-state index contributed by atoms with van der Waals surface area (Å²) in [6, 6.07) is 0. The monoisotopic (exact) mass is 345 g/mol. The summed E-state index contributed by atoms with van der Waals surface area (Å²) in [6.45, 7) is 9.93. The maximum atomic E-state index is 13.6. The van der Waals surface area contributed by atoms with Crippen LogP contribution in [-0.4, -0.2) is 55.6 Å². The molecule has 23 heavy (non-hydrogen) atoms. The lowest BCUT2D eigenvalue weighted by molar-refractivity contribution is -0.903. The molecule has 0 rings (SSSR count). The van der Waals surface area contributed by atoms with Crippen molar-refractivity contribution in [2.75, 3.05) is 33.9 Å². The molecule has 132 valence electrons. The molecule has 0 fully saturated rings. The average molecular weight is 345 g/mol. The molecule has 0 aliphatic heterocycles. The molecule has 0 saturated heterocycles. The molecular weight excluding hydrogens is 317 g/mol. The molecule has 0 heterocycles. The molecule has 1 unspecified atom stereocenters. The number of quaternary nitrogens is 1. The molecule has 0 aliphatic carbocycles. The summed E-state index contributed by atoms with van der Waals surface area (Å²) in [5.41, 5.74) is 0.174. The van der Waals surface area contributed by atoms with Crippen LogP contribution in [0.5, 0.6) is 0 Å². The molecule has 0 aliphatic rings.